The highest BCUT2D eigenvalue weighted by molar-refractivity contribution is 5.61. The molecule has 7 heteroatoms. The van der Waals surface area contributed by atoms with Crippen LogP contribution in [0.3, 0.4) is 0 Å². The van der Waals surface area contributed by atoms with Crippen LogP contribution in [0.15, 0.2) is 42.5 Å². The number of hydrogen-bond acceptors (Lipinski definition) is 7. The molecule has 0 aromatic heterocycles. The lowest BCUT2D eigenvalue weighted by atomic mass is 9.84. The first-order valence-electron chi connectivity index (χ1n) is 14.4. The van der Waals surface area contributed by atoms with Gasteiger partial charge in [-0.3, -0.25) is 0 Å². The molecule has 2 fully saturated rings. The van der Waals surface area contributed by atoms with E-state index in [1.165, 1.54) is 24.8 Å². The van der Waals surface area contributed by atoms with Gasteiger partial charge in [0.25, 0.3) is 0 Å². The molecular weight excluding hydrogens is 480 g/mol. The van der Waals surface area contributed by atoms with Crippen LogP contribution in [-0.4, -0.2) is 71.9 Å². The Morgan fingerprint density at radius 2 is 1.79 bits per heavy atom. The lowest BCUT2D eigenvalue weighted by Crippen LogP contribution is -2.51. The number of anilines is 1. The topological polar surface area (TPSA) is 61.4 Å². The van der Waals surface area contributed by atoms with E-state index in [0.717, 1.165) is 81.4 Å². The number of nitrogens with zero attached hydrogens (tertiary/aromatic N) is 1. The minimum Gasteiger partial charge on any atom is -0.497 e. The van der Waals surface area contributed by atoms with Gasteiger partial charge in [0.2, 0.25) is 0 Å². The number of piperidine rings is 1. The third kappa shape index (κ3) is 6.81. The number of methoxy groups -OCH3 is 2. The molecule has 3 aliphatic rings. The second-order valence-corrected chi connectivity index (χ2v) is 10.7. The van der Waals surface area contributed by atoms with Gasteiger partial charge in [-0.1, -0.05) is 37.5 Å². The van der Waals surface area contributed by atoms with E-state index in [1.54, 1.807) is 14.2 Å². The number of rotatable bonds is 11. The van der Waals surface area contributed by atoms with E-state index in [0.29, 0.717) is 12.7 Å². The summed E-state index contributed by atoms with van der Waals surface area (Å²) >= 11 is 0. The second kappa shape index (κ2) is 13.7. The molecule has 1 N–H and O–H groups in total. The standard InChI is InChI=1S/C31H44N2O5/c1-34-17-6-15-33-16-18-36-28-14-9-23(19-27(28)33)22-37-29-20-32-21-30(38-26-7-4-3-5-8-26)31(29)24-10-12-25(35-2)13-11-24/h9-14,19,26,29-32H,3-8,15-18,20-22H2,1-2H3. The van der Waals surface area contributed by atoms with E-state index in [2.05, 4.69) is 40.5 Å². The van der Waals surface area contributed by atoms with Gasteiger partial charge in [-0.05, 0) is 54.7 Å². The molecule has 0 bridgehead atoms. The molecule has 0 radical (unpaired) electrons. The first-order chi connectivity index (χ1) is 18.7. The monoisotopic (exact) mass is 524 g/mol. The third-order valence-electron chi connectivity index (χ3n) is 8.14. The maximum atomic E-state index is 6.77. The fourth-order valence-electron chi connectivity index (χ4n) is 6.10. The summed E-state index contributed by atoms with van der Waals surface area (Å²) in [5, 5.41) is 3.60. The van der Waals surface area contributed by atoms with Crippen LogP contribution >= 0.6 is 0 Å². The first kappa shape index (κ1) is 27.3. The number of fused-ring (bicyclic) bond motifs is 1. The lowest BCUT2D eigenvalue weighted by Gasteiger charge is -2.41. The lowest BCUT2D eigenvalue weighted by molar-refractivity contribution is -0.0932. The van der Waals surface area contributed by atoms with Crippen molar-refractivity contribution in [3.05, 3.63) is 53.6 Å². The molecule has 7 nitrogen and oxygen atoms in total. The Hall–Kier alpha value is -2.32. The molecule has 1 saturated heterocycles. The van der Waals surface area contributed by atoms with Gasteiger partial charge in [-0.2, -0.15) is 0 Å². The Bertz CT molecular complexity index is 994. The van der Waals surface area contributed by atoms with Gasteiger partial charge in [-0.15, -0.1) is 0 Å². The molecule has 3 atom stereocenters. The summed E-state index contributed by atoms with van der Waals surface area (Å²) in [6.45, 7) is 5.54. The minimum absolute atomic E-state index is 0.0100. The molecule has 0 spiro atoms. The summed E-state index contributed by atoms with van der Waals surface area (Å²) in [5.74, 6) is 1.99. The molecule has 1 saturated carbocycles. The van der Waals surface area contributed by atoms with Gasteiger partial charge in [0.1, 0.15) is 18.1 Å². The zero-order chi connectivity index (χ0) is 26.2. The van der Waals surface area contributed by atoms with Crippen LogP contribution in [0.1, 0.15) is 55.6 Å². The van der Waals surface area contributed by atoms with Crippen molar-refractivity contribution in [2.45, 2.75) is 69.4 Å². The maximum absolute atomic E-state index is 6.77. The minimum atomic E-state index is 0.0100. The molecule has 38 heavy (non-hydrogen) atoms. The molecule has 2 heterocycles. The van der Waals surface area contributed by atoms with Gasteiger partial charge >= 0.3 is 0 Å². The molecule has 3 unspecified atom stereocenters. The zero-order valence-electron chi connectivity index (χ0n) is 23.0. The quantitative estimate of drug-likeness (QED) is 0.419. The maximum Gasteiger partial charge on any atom is 0.142 e. The molecule has 1 aliphatic carbocycles. The Kier molecular flexibility index (Phi) is 9.79. The molecule has 2 aromatic carbocycles. The Balaban J connectivity index is 1.30. The molecule has 0 amide bonds. The Morgan fingerprint density at radius 3 is 2.58 bits per heavy atom. The average molecular weight is 525 g/mol. The summed E-state index contributed by atoms with van der Waals surface area (Å²) in [5.41, 5.74) is 3.57. The van der Waals surface area contributed by atoms with Crippen LogP contribution < -0.4 is 19.7 Å². The van der Waals surface area contributed by atoms with E-state index in [-0.39, 0.29) is 18.1 Å². The SMILES string of the molecule is COCCCN1CCOc2ccc(COC3CNCC(OC4CCCCC4)C3c3ccc(OC)cc3)cc21. The van der Waals surface area contributed by atoms with Crippen LogP contribution in [0.25, 0.3) is 0 Å². The van der Waals surface area contributed by atoms with E-state index in [4.69, 9.17) is 23.7 Å². The van der Waals surface area contributed by atoms with E-state index in [1.807, 2.05) is 12.1 Å². The smallest absolute Gasteiger partial charge is 0.142 e. The van der Waals surface area contributed by atoms with Crippen LogP contribution in [0, 0.1) is 0 Å². The number of ether oxygens (including phenoxy) is 5. The normalized spacial score (nSPS) is 24.1. The summed E-state index contributed by atoms with van der Waals surface area (Å²) < 4.78 is 30.1. The van der Waals surface area contributed by atoms with Crippen molar-refractivity contribution < 1.29 is 23.7 Å². The number of benzene rings is 2. The summed E-state index contributed by atoms with van der Waals surface area (Å²) in [6, 6.07) is 14.9. The second-order valence-electron chi connectivity index (χ2n) is 10.7. The highest BCUT2D eigenvalue weighted by Crippen LogP contribution is 2.36. The van der Waals surface area contributed by atoms with Crippen LogP contribution in [0.5, 0.6) is 11.5 Å². The van der Waals surface area contributed by atoms with Crippen molar-refractivity contribution in [3.8, 4) is 11.5 Å². The Morgan fingerprint density at radius 1 is 0.974 bits per heavy atom. The van der Waals surface area contributed by atoms with Crippen LogP contribution in [-0.2, 0) is 20.8 Å². The van der Waals surface area contributed by atoms with Crippen molar-refractivity contribution in [1.29, 1.82) is 0 Å². The molecular formula is C31H44N2O5. The summed E-state index contributed by atoms with van der Waals surface area (Å²) in [6.07, 6.45) is 7.62. The summed E-state index contributed by atoms with van der Waals surface area (Å²) in [4.78, 5) is 2.40. The van der Waals surface area contributed by atoms with Crippen molar-refractivity contribution in [2.24, 2.45) is 0 Å². The van der Waals surface area contributed by atoms with Gasteiger partial charge in [0.05, 0.1) is 44.3 Å². The van der Waals surface area contributed by atoms with E-state index in [9.17, 15) is 0 Å². The highest BCUT2D eigenvalue weighted by Gasteiger charge is 2.37. The zero-order valence-corrected chi connectivity index (χ0v) is 23.0. The van der Waals surface area contributed by atoms with Gasteiger partial charge in [0.15, 0.2) is 0 Å². The van der Waals surface area contributed by atoms with Gasteiger partial charge in [-0.25, -0.2) is 0 Å². The fraction of sp³-hybridized carbons (Fsp3) is 0.613. The molecule has 2 aliphatic heterocycles. The molecule has 2 aromatic rings. The predicted molar refractivity (Wildman–Crippen MR) is 150 cm³/mol. The van der Waals surface area contributed by atoms with Crippen LogP contribution in [0.2, 0.25) is 0 Å². The predicted octanol–water partition coefficient (Wildman–Crippen LogP) is 4.92. The van der Waals surface area contributed by atoms with Crippen molar-refractivity contribution in [2.75, 3.05) is 58.5 Å². The largest absolute Gasteiger partial charge is 0.497 e. The third-order valence-corrected chi connectivity index (χ3v) is 8.14. The fourth-order valence-corrected chi connectivity index (χ4v) is 6.10. The number of nitrogens with one attached hydrogen (secondary N) is 1. The van der Waals surface area contributed by atoms with Gasteiger partial charge in [0, 0.05) is 39.3 Å². The van der Waals surface area contributed by atoms with Crippen LogP contribution in [0.4, 0.5) is 5.69 Å². The highest BCUT2D eigenvalue weighted by atomic mass is 16.5. The van der Waals surface area contributed by atoms with Gasteiger partial charge < -0.3 is 33.9 Å². The van der Waals surface area contributed by atoms with Crippen molar-refractivity contribution in [1.82, 2.24) is 5.32 Å². The first-order valence-corrected chi connectivity index (χ1v) is 14.4. The van der Waals surface area contributed by atoms with Crippen molar-refractivity contribution in [3.63, 3.8) is 0 Å². The summed E-state index contributed by atoms with van der Waals surface area (Å²) in [7, 11) is 3.47. The average Bonchev–Trinajstić information content (AvgIpc) is 2.97. The van der Waals surface area contributed by atoms with E-state index >= 15 is 0 Å². The Labute approximate surface area is 227 Å². The molecule has 208 valence electrons. The molecule has 5 rings (SSSR count). The van der Waals surface area contributed by atoms with E-state index < -0.39 is 0 Å². The van der Waals surface area contributed by atoms with Crippen molar-refractivity contribution >= 4 is 5.69 Å². The number of hydrogen-bond donors (Lipinski definition) is 1.